The largest absolute Gasteiger partial charge is 0.478 e. The van der Waals surface area contributed by atoms with Crippen molar-refractivity contribution in [2.45, 2.75) is 19.8 Å². The summed E-state index contributed by atoms with van der Waals surface area (Å²) in [6, 6.07) is 12.8. The molecule has 0 amide bonds. The second kappa shape index (κ2) is 6.10. The molecule has 0 fully saturated rings. The molecule has 0 spiro atoms. The number of carbonyl (C=O) groups is 1. The van der Waals surface area contributed by atoms with Crippen LogP contribution in [-0.4, -0.2) is 11.1 Å². The Morgan fingerprint density at radius 1 is 1.20 bits per heavy atom. The van der Waals surface area contributed by atoms with Gasteiger partial charge < -0.3 is 16.2 Å². The zero-order chi connectivity index (χ0) is 14.5. The summed E-state index contributed by atoms with van der Waals surface area (Å²) < 4.78 is 0. The van der Waals surface area contributed by atoms with E-state index in [9.17, 15) is 4.79 Å². The van der Waals surface area contributed by atoms with Gasteiger partial charge in [-0.15, -0.1) is 0 Å². The van der Waals surface area contributed by atoms with Crippen LogP contribution in [0.4, 0.5) is 17.1 Å². The molecular formula is C16H18N2O2. The molecule has 0 saturated carbocycles. The van der Waals surface area contributed by atoms with Crippen molar-refractivity contribution in [3.8, 4) is 0 Å². The first-order valence-corrected chi connectivity index (χ1v) is 6.59. The molecule has 4 N–H and O–H groups in total. The van der Waals surface area contributed by atoms with Crippen LogP contribution in [0, 0.1) is 0 Å². The van der Waals surface area contributed by atoms with Gasteiger partial charge in [0.1, 0.15) is 0 Å². The van der Waals surface area contributed by atoms with Gasteiger partial charge >= 0.3 is 5.97 Å². The molecule has 0 unspecified atom stereocenters. The lowest BCUT2D eigenvalue weighted by Gasteiger charge is -2.10. The highest BCUT2D eigenvalue weighted by Crippen LogP contribution is 2.24. The molecule has 0 aromatic heterocycles. The molecule has 20 heavy (non-hydrogen) atoms. The van der Waals surface area contributed by atoms with Crippen LogP contribution in [0.5, 0.6) is 0 Å². The van der Waals surface area contributed by atoms with Gasteiger partial charge in [0.15, 0.2) is 0 Å². The van der Waals surface area contributed by atoms with Gasteiger partial charge in [0.05, 0.1) is 16.9 Å². The molecule has 0 radical (unpaired) electrons. The molecule has 4 heteroatoms. The number of hydrogen-bond donors (Lipinski definition) is 3. The van der Waals surface area contributed by atoms with Gasteiger partial charge in [-0.25, -0.2) is 4.79 Å². The molecular weight excluding hydrogens is 252 g/mol. The first-order chi connectivity index (χ1) is 9.60. The summed E-state index contributed by atoms with van der Waals surface area (Å²) in [6.07, 6.45) is 2.19. The summed E-state index contributed by atoms with van der Waals surface area (Å²) in [4.78, 5) is 10.8. The summed E-state index contributed by atoms with van der Waals surface area (Å²) in [5.74, 6) is -0.979. The quantitative estimate of drug-likeness (QED) is 0.725. The van der Waals surface area contributed by atoms with Crippen molar-refractivity contribution < 1.29 is 9.90 Å². The summed E-state index contributed by atoms with van der Waals surface area (Å²) >= 11 is 0. The fourth-order valence-corrected chi connectivity index (χ4v) is 2.01. The molecule has 104 valence electrons. The van der Waals surface area contributed by atoms with E-state index < -0.39 is 5.97 Å². The monoisotopic (exact) mass is 270 g/mol. The Hall–Kier alpha value is -2.49. The van der Waals surface area contributed by atoms with Crippen LogP contribution in [0.25, 0.3) is 0 Å². The highest BCUT2D eigenvalue weighted by atomic mass is 16.4. The number of anilines is 3. The van der Waals surface area contributed by atoms with Gasteiger partial charge in [0, 0.05) is 5.69 Å². The maximum atomic E-state index is 10.8. The maximum Gasteiger partial charge on any atom is 0.335 e. The Morgan fingerprint density at radius 2 is 1.90 bits per heavy atom. The van der Waals surface area contributed by atoms with Crippen LogP contribution < -0.4 is 11.1 Å². The van der Waals surface area contributed by atoms with Crippen LogP contribution in [-0.2, 0) is 6.42 Å². The highest BCUT2D eigenvalue weighted by Gasteiger charge is 2.06. The summed E-state index contributed by atoms with van der Waals surface area (Å²) in [5.41, 5.74) is 9.40. The van der Waals surface area contributed by atoms with Gasteiger partial charge in [-0.3, -0.25) is 0 Å². The number of nitrogen functional groups attached to an aromatic ring is 1. The maximum absolute atomic E-state index is 10.8. The lowest BCUT2D eigenvalue weighted by Crippen LogP contribution is -2.01. The predicted molar refractivity (Wildman–Crippen MR) is 81.5 cm³/mol. The van der Waals surface area contributed by atoms with E-state index >= 15 is 0 Å². The summed E-state index contributed by atoms with van der Waals surface area (Å²) in [5, 5.41) is 12.1. The number of rotatable bonds is 5. The lowest BCUT2D eigenvalue weighted by molar-refractivity contribution is 0.0697. The Labute approximate surface area is 118 Å². The van der Waals surface area contributed by atoms with E-state index in [-0.39, 0.29) is 5.56 Å². The smallest absolute Gasteiger partial charge is 0.335 e. The van der Waals surface area contributed by atoms with Crippen LogP contribution in [0.1, 0.15) is 29.3 Å². The lowest BCUT2D eigenvalue weighted by atomic mass is 10.1. The fourth-order valence-electron chi connectivity index (χ4n) is 2.01. The topological polar surface area (TPSA) is 75.3 Å². The van der Waals surface area contributed by atoms with E-state index in [1.807, 2.05) is 12.1 Å². The Bertz CT molecular complexity index is 606. The van der Waals surface area contributed by atoms with Gasteiger partial charge in [-0.05, 0) is 42.3 Å². The average Bonchev–Trinajstić information content (AvgIpc) is 2.43. The van der Waals surface area contributed by atoms with Crippen LogP contribution in [0.3, 0.4) is 0 Å². The van der Waals surface area contributed by atoms with Crippen LogP contribution in [0.2, 0.25) is 0 Å². The average molecular weight is 270 g/mol. The minimum absolute atomic E-state index is 0.186. The second-order valence-corrected chi connectivity index (χ2v) is 4.68. The molecule has 0 atom stereocenters. The molecule has 4 nitrogen and oxygen atoms in total. The third kappa shape index (κ3) is 3.29. The fraction of sp³-hybridized carbons (Fsp3) is 0.188. The highest BCUT2D eigenvalue weighted by molar-refractivity contribution is 5.90. The number of aromatic carboxylic acids is 1. The third-order valence-corrected chi connectivity index (χ3v) is 3.07. The molecule has 0 saturated heterocycles. The minimum Gasteiger partial charge on any atom is -0.478 e. The summed E-state index contributed by atoms with van der Waals surface area (Å²) in [6.45, 7) is 2.15. The van der Waals surface area contributed by atoms with Crippen molar-refractivity contribution in [1.82, 2.24) is 0 Å². The SMILES string of the molecule is CCCc1ccc(Nc2ccc(C(=O)O)cc2N)cc1. The number of carboxylic acids is 1. The van der Waals surface area contributed by atoms with Gasteiger partial charge in [0.25, 0.3) is 0 Å². The standard InChI is InChI=1S/C16H18N2O2/c1-2-3-11-4-7-13(8-5-11)18-15-9-6-12(16(19)20)10-14(15)17/h4-10,18H,2-3,17H2,1H3,(H,19,20). The van der Waals surface area contributed by atoms with E-state index in [2.05, 4.69) is 24.4 Å². The summed E-state index contributed by atoms with van der Waals surface area (Å²) in [7, 11) is 0. The number of aryl methyl sites for hydroxylation is 1. The minimum atomic E-state index is -0.979. The molecule has 2 aromatic carbocycles. The molecule has 2 aromatic rings. The van der Waals surface area contributed by atoms with E-state index in [0.29, 0.717) is 11.4 Å². The van der Waals surface area contributed by atoms with Crippen molar-refractivity contribution in [1.29, 1.82) is 0 Å². The van der Waals surface area contributed by atoms with Crippen LogP contribution >= 0.6 is 0 Å². The number of carboxylic acid groups (broad SMARTS) is 1. The van der Waals surface area contributed by atoms with E-state index in [0.717, 1.165) is 18.5 Å². The second-order valence-electron chi connectivity index (χ2n) is 4.68. The number of nitrogens with two attached hydrogens (primary N) is 1. The van der Waals surface area contributed by atoms with Gasteiger partial charge in [-0.1, -0.05) is 25.5 Å². The zero-order valence-electron chi connectivity index (χ0n) is 11.4. The van der Waals surface area contributed by atoms with E-state index in [1.165, 1.54) is 17.7 Å². The Kier molecular flexibility index (Phi) is 4.25. The third-order valence-electron chi connectivity index (χ3n) is 3.07. The van der Waals surface area contributed by atoms with E-state index in [1.54, 1.807) is 6.07 Å². The Morgan fingerprint density at radius 3 is 2.45 bits per heavy atom. The normalized spacial score (nSPS) is 10.2. The Balaban J connectivity index is 2.15. The number of hydrogen-bond acceptors (Lipinski definition) is 3. The van der Waals surface area contributed by atoms with E-state index in [4.69, 9.17) is 10.8 Å². The molecule has 0 aliphatic carbocycles. The predicted octanol–water partition coefficient (Wildman–Crippen LogP) is 3.66. The first-order valence-electron chi connectivity index (χ1n) is 6.59. The van der Waals surface area contributed by atoms with Gasteiger partial charge in [0.2, 0.25) is 0 Å². The van der Waals surface area contributed by atoms with Crippen molar-refractivity contribution in [3.05, 3.63) is 53.6 Å². The van der Waals surface area contributed by atoms with Crippen molar-refractivity contribution in [3.63, 3.8) is 0 Å². The molecule has 0 heterocycles. The first kappa shape index (κ1) is 13.9. The zero-order valence-corrected chi connectivity index (χ0v) is 11.4. The number of benzene rings is 2. The molecule has 2 rings (SSSR count). The van der Waals surface area contributed by atoms with Gasteiger partial charge in [-0.2, -0.15) is 0 Å². The molecule has 0 aliphatic heterocycles. The van der Waals surface area contributed by atoms with Crippen molar-refractivity contribution in [2.75, 3.05) is 11.1 Å². The molecule has 0 aliphatic rings. The molecule has 0 bridgehead atoms. The van der Waals surface area contributed by atoms with Crippen LogP contribution in [0.15, 0.2) is 42.5 Å². The van der Waals surface area contributed by atoms with Crippen molar-refractivity contribution in [2.24, 2.45) is 0 Å². The number of nitrogens with one attached hydrogen (secondary N) is 1. The van der Waals surface area contributed by atoms with Crippen molar-refractivity contribution >= 4 is 23.0 Å².